The van der Waals surface area contributed by atoms with E-state index < -0.39 is 0 Å². The number of hydrogen-bond acceptors (Lipinski definition) is 5. The molecular formula is C18H40IN5O2. The Balaban J connectivity index is 0.00000625. The standard InChI is InChI=1S/C18H39N5O2.HI/c1-16(2)14-17(23-9-12-25-13-10-23)15-21-18(19-3)20-6-7-22(4)8-11-24-5;/h16-17H,6-15H2,1-5H3,(H2,19,20,21);1H. The molecule has 1 atom stereocenters. The van der Waals surface area contributed by atoms with Crippen LogP contribution in [0, 0.1) is 5.92 Å². The highest BCUT2D eigenvalue weighted by Gasteiger charge is 2.22. The summed E-state index contributed by atoms with van der Waals surface area (Å²) in [6.07, 6.45) is 1.18. The minimum atomic E-state index is 0. The molecular weight excluding hydrogens is 445 g/mol. The van der Waals surface area contributed by atoms with Gasteiger partial charge < -0.3 is 25.0 Å². The van der Waals surface area contributed by atoms with Crippen LogP contribution in [0.5, 0.6) is 0 Å². The number of rotatable bonds is 11. The highest BCUT2D eigenvalue weighted by Crippen LogP contribution is 2.12. The third-order valence-corrected chi connectivity index (χ3v) is 4.50. The number of guanidine groups is 1. The molecule has 1 saturated heterocycles. The predicted octanol–water partition coefficient (Wildman–Crippen LogP) is 1.09. The summed E-state index contributed by atoms with van der Waals surface area (Å²) in [6, 6.07) is 0.520. The Morgan fingerprint density at radius 2 is 1.92 bits per heavy atom. The van der Waals surface area contributed by atoms with Gasteiger partial charge in [0.25, 0.3) is 0 Å². The van der Waals surface area contributed by atoms with E-state index in [2.05, 4.69) is 46.3 Å². The van der Waals surface area contributed by atoms with E-state index in [9.17, 15) is 0 Å². The van der Waals surface area contributed by atoms with Crippen molar-refractivity contribution in [2.75, 3.05) is 80.3 Å². The Morgan fingerprint density at radius 1 is 1.23 bits per heavy atom. The van der Waals surface area contributed by atoms with Gasteiger partial charge in [-0.2, -0.15) is 0 Å². The number of hydrogen-bond donors (Lipinski definition) is 2. The summed E-state index contributed by atoms with van der Waals surface area (Å²) in [6.45, 7) is 12.8. The van der Waals surface area contributed by atoms with Gasteiger partial charge in [0.2, 0.25) is 0 Å². The van der Waals surface area contributed by atoms with Gasteiger partial charge in [-0.3, -0.25) is 9.89 Å². The van der Waals surface area contributed by atoms with Crippen LogP contribution >= 0.6 is 24.0 Å². The minimum Gasteiger partial charge on any atom is -0.383 e. The van der Waals surface area contributed by atoms with Gasteiger partial charge in [-0.1, -0.05) is 13.8 Å². The first kappa shape index (κ1) is 25.8. The van der Waals surface area contributed by atoms with Crippen molar-refractivity contribution in [2.45, 2.75) is 26.3 Å². The van der Waals surface area contributed by atoms with Crippen LogP contribution in [-0.2, 0) is 9.47 Å². The zero-order valence-corrected chi connectivity index (χ0v) is 19.6. The molecule has 1 unspecified atom stereocenters. The van der Waals surface area contributed by atoms with Crippen molar-refractivity contribution in [3.8, 4) is 0 Å². The van der Waals surface area contributed by atoms with Crippen LogP contribution in [0.25, 0.3) is 0 Å². The molecule has 26 heavy (non-hydrogen) atoms. The number of morpholine rings is 1. The Labute approximate surface area is 177 Å². The summed E-state index contributed by atoms with van der Waals surface area (Å²) >= 11 is 0. The Hall–Kier alpha value is -0.160. The van der Waals surface area contributed by atoms with E-state index in [1.807, 2.05) is 7.05 Å². The second kappa shape index (κ2) is 15.9. The number of likely N-dealkylation sites (N-methyl/N-ethyl adjacent to an activating group) is 1. The van der Waals surface area contributed by atoms with E-state index in [0.29, 0.717) is 12.0 Å². The summed E-state index contributed by atoms with van der Waals surface area (Å²) < 4.78 is 10.6. The molecule has 0 bridgehead atoms. The highest BCUT2D eigenvalue weighted by molar-refractivity contribution is 14.0. The molecule has 1 rings (SSSR count). The SMILES string of the molecule is CN=C(NCCN(C)CCOC)NCC(CC(C)C)N1CCOCC1.I. The van der Waals surface area contributed by atoms with Crippen LogP contribution in [0.1, 0.15) is 20.3 Å². The molecule has 0 aliphatic carbocycles. The molecule has 156 valence electrons. The van der Waals surface area contributed by atoms with Crippen molar-refractivity contribution in [3.05, 3.63) is 0 Å². The summed E-state index contributed by atoms with van der Waals surface area (Å²) in [5.41, 5.74) is 0. The van der Waals surface area contributed by atoms with Crippen molar-refractivity contribution < 1.29 is 9.47 Å². The number of nitrogens with one attached hydrogen (secondary N) is 2. The normalized spacial score (nSPS) is 17.3. The lowest BCUT2D eigenvalue weighted by Crippen LogP contribution is -2.51. The smallest absolute Gasteiger partial charge is 0.191 e. The number of nitrogens with zero attached hydrogens (tertiary/aromatic N) is 3. The third kappa shape index (κ3) is 11.5. The Morgan fingerprint density at radius 3 is 2.50 bits per heavy atom. The van der Waals surface area contributed by atoms with Crippen LogP contribution < -0.4 is 10.6 Å². The maximum absolute atomic E-state index is 5.49. The van der Waals surface area contributed by atoms with Gasteiger partial charge >= 0.3 is 0 Å². The van der Waals surface area contributed by atoms with Gasteiger partial charge in [0.05, 0.1) is 19.8 Å². The first-order valence-electron chi connectivity index (χ1n) is 9.50. The molecule has 0 aromatic heterocycles. The second-order valence-electron chi connectivity index (χ2n) is 7.11. The molecule has 7 nitrogen and oxygen atoms in total. The molecule has 1 aliphatic heterocycles. The first-order chi connectivity index (χ1) is 12.1. The molecule has 8 heteroatoms. The van der Waals surface area contributed by atoms with Crippen molar-refractivity contribution in [1.29, 1.82) is 0 Å². The minimum absolute atomic E-state index is 0. The van der Waals surface area contributed by atoms with Gasteiger partial charge in [-0.15, -0.1) is 24.0 Å². The molecule has 0 spiro atoms. The molecule has 2 N–H and O–H groups in total. The zero-order chi connectivity index (χ0) is 18.5. The van der Waals surface area contributed by atoms with Gasteiger partial charge in [-0.05, 0) is 19.4 Å². The van der Waals surface area contributed by atoms with Crippen molar-refractivity contribution in [3.63, 3.8) is 0 Å². The number of halogens is 1. The molecule has 1 fully saturated rings. The average Bonchev–Trinajstić information content (AvgIpc) is 2.62. The fraction of sp³-hybridized carbons (Fsp3) is 0.944. The fourth-order valence-electron chi connectivity index (χ4n) is 3.01. The molecule has 1 aliphatic rings. The summed E-state index contributed by atoms with van der Waals surface area (Å²) in [7, 11) is 5.67. The maximum atomic E-state index is 5.49. The lowest BCUT2D eigenvalue weighted by molar-refractivity contribution is 0.0132. The molecule has 0 saturated carbocycles. The third-order valence-electron chi connectivity index (χ3n) is 4.50. The van der Waals surface area contributed by atoms with Crippen LogP contribution in [-0.4, -0.2) is 102 Å². The molecule has 1 heterocycles. The maximum Gasteiger partial charge on any atom is 0.191 e. The lowest BCUT2D eigenvalue weighted by Gasteiger charge is -2.35. The van der Waals surface area contributed by atoms with E-state index in [0.717, 1.165) is 65.0 Å². The Bertz CT molecular complexity index is 365. The largest absolute Gasteiger partial charge is 0.383 e. The van der Waals surface area contributed by atoms with Crippen molar-refractivity contribution in [2.24, 2.45) is 10.9 Å². The highest BCUT2D eigenvalue weighted by atomic mass is 127. The predicted molar refractivity (Wildman–Crippen MR) is 120 cm³/mol. The van der Waals surface area contributed by atoms with Crippen LogP contribution in [0.3, 0.4) is 0 Å². The van der Waals surface area contributed by atoms with Crippen molar-refractivity contribution >= 4 is 29.9 Å². The fourth-order valence-corrected chi connectivity index (χ4v) is 3.01. The number of methoxy groups -OCH3 is 1. The van der Waals surface area contributed by atoms with Crippen LogP contribution in [0.2, 0.25) is 0 Å². The number of aliphatic imine (C=N–C) groups is 1. The van der Waals surface area contributed by atoms with Crippen molar-refractivity contribution in [1.82, 2.24) is 20.4 Å². The van der Waals surface area contributed by atoms with E-state index in [1.54, 1.807) is 7.11 Å². The average molecular weight is 485 g/mol. The van der Waals surface area contributed by atoms with Crippen LogP contribution in [0.15, 0.2) is 4.99 Å². The van der Waals surface area contributed by atoms with Gasteiger partial charge in [0.1, 0.15) is 0 Å². The Kier molecular flexibility index (Phi) is 15.8. The van der Waals surface area contributed by atoms with Gasteiger partial charge in [0.15, 0.2) is 5.96 Å². The quantitative estimate of drug-likeness (QED) is 0.260. The number of ether oxygens (including phenoxy) is 2. The topological polar surface area (TPSA) is 61.4 Å². The van der Waals surface area contributed by atoms with E-state index in [-0.39, 0.29) is 24.0 Å². The van der Waals surface area contributed by atoms with Gasteiger partial charge in [-0.25, -0.2) is 0 Å². The van der Waals surface area contributed by atoms with E-state index in [1.165, 1.54) is 6.42 Å². The van der Waals surface area contributed by atoms with E-state index >= 15 is 0 Å². The zero-order valence-electron chi connectivity index (χ0n) is 17.3. The summed E-state index contributed by atoms with van der Waals surface area (Å²) in [5, 5.41) is 6.90. The lowest BCUT2D eigenvalue weighted by atomic mass is 10.0. The molecule has 0 amide bonds. The molecule has 0 aromatic carbocycles. The van der Waals surface area contributed by atoms with Gasteiger partial charge in [0, 0.05) is 59.5 Å². The van der Waals surface area contributed by atoms with E-state index in [4.69, 9.17) is 9.47 Å². The second-order valence-corrected chi connectivity index (χ2v) is 7.11. The first-order valence-corrected chi connectivity index (χ1v) is 9.50. The molecule has 0 aromatic rings. The van der Waals surface area contributed by atoms with Crippen LogP contribution in [0.4, 0.5) is 0 Å². The molecule has 0 radical (unpaired) electrons. The monoisotopic (exact) mass is 485 g/mol. The summed E-state index contributed by atoms with van der Waals surface area (Å²) in [4.78, 5) is 9.14. The summed E-state index contributed by atoms with van der Waals surface area (Å²) in [5.74, 6) is 1.56.